The lowest BCUT2D eigenvalue weighted by Gasteiger charge is -2.13. The molecule has 21 aromatic carbocycles. The summed E-state index contributed by atoms with van der Waals surface area (Å²) in [6, 6.07) is 191. The molecule has 0 aliphatic heterocycles. The third-order valence-electron chi connectivity index (χ3n) is 29.1. The van der Waals surface area contributed by atoms with Gasteiger partial charge in [-0.3, -0.25) is 9.13 Å². The predicted octanol–water partition coefficient (Wildman–Crippen LogP) is 36.0. The fraction of sp³-hybridized carbons (Fsp3) is 0. The van der Waals surface area contributed by atoms with Gasteiger partial charge in [-0.05, 0) is 196 Å². The van der Waals surface area contributed by atoms with Crippen molar-refractivity contribution in [2.75, 3.05) is 0 Å². The van der Waals surface area contributed by atoms with Crippen molar-refractivity contribution < 1.29 is 0 Å². The summed E-state index contributed by atoms with van der Waals surface area (Å²) in [5, 5.41) is 14.8. The van der Waals surface area contributed by atoms with E-state index in [2.05, 4.69) is 490 Å². The van der Waals surface area contributed by atoms with Crippen molar-refractivity contribution in [3.63, 3.8) is 0 Å². The lowest BCUT2D eigenvalue weighted by Crippen LogP contribution is -2.03. The van der Waals surface area contributed by atoms with Crippen LogP contribution in [0.15, 0.2) is 540 Å². The van der Waals surface area contributed by atoms with E-state index in [1.807, 2.05) is 84.1 Å². The Bertz CT molecular complexity index is 10300. The minimum atomic E-state index is 0.631. The van der Waals surface area contributed by atoms with Gasteiger partial charge in [-0.2, -0.15) is 0 Å². The maximum absolute atomic E-state index is 5.30. The zero-order chi connectivity index (χ0) is 99.1. The van der Waals surface area contributed by atoms with Crippen molar-refractivity contribution in [2.24, 2.45) is 0 Å². The molecule has 0 fully saturated rings. The molecule has 150 heavy (non-hydrogen) atoms. The smallest absolute Gasteiger partial charge is 0.235 e. The molecule has 9 heterocycles. The van der Waals surface area contributed by atoms with Gasteiger partial charge < -0.3 is 13.7 Å². The molecule has 30 aromatic rings. The second-order valence-corrected chi connectivity index (χ2v) is 39.0. The molecule has 0 saturated carbocycles. The SMILES string of the molecule is c1ccc(-c2cc(-c3ccccc3)nc(-n3c4ccccc4c4cc(-c5ccc6c(c5)c5ccccc5n6-c5ccccc5)ccc43)c2)cc1.c1ccc(-c2cc(-c3ccccc3)nc(-n3c4ccccc4c4cc(-c5cccc6c5sc5ccccc56)ccc43)n2)cc1.c1ccc(-c2nc(-c3ccccc3)nc(-c3cccc(-n4c5ccccc5c5cc(-c6ccc7c(c6)c6ccccc6n7-c6ccccc6)ccc54)c3)n2)cc1. The number of benzene rings is 21. The minimum Gasteiger partial charge on any atom is -0.309 e. The first-order valence-corrected chi connectivity index (χ1v) is 51.5. The molecular formula is C138H89N11S. The van der Waals surface area contributed by atoms with Gasteiger partial charge in [0, 0.05) is 124 Å². The number of aromatic nitrogens is 11. The van der Waals surface area contributed by atoms with Gasteiger partial charge in [0.2, 0.25) is 5.95 Å². The molecule has 0 spiro atoms. The lowest BCUT2D eigenvalue weighted by molar-refractivity contribution is 0.995. The van der Waals surface area contributed by atoms with Crippen molar-refractivity contribution in [1.82, 2.24) is 52.7 Å². The Kier molecular flexibility index (Phi) is 21.9. The Morgan fingerprint density at radius 2 is 0.440 bits per heavy atom. The van der Waals surface area contributed by atoms with Crippen LogP contribution in [0.5, 0.6) is 0 Å². The van der Waals surface area contributed by atoms with Gasteiger partial charge in [-0.1, -0.05) is 388 Å². The van der Waals surface area contributed by atoms with E-state index < -0.39 is 0 Å². The third-order valence-corrected chi connectivity index (χ3v) is 30.3. The van der Waals surface area contributed by atoms with Crippen LogP contribution in [0.4, 0.5) is 0 Å². The third kappa shape index (κ3) is 15.7. The van der Waals surface area contributed by atoms with Gasteiger partial charge in [-0.15, -0.1) is 11.3 Å². The highest BCUT2D eigenvalue weighted by atomic mass is 32.1. The van der Waals surface area contributed by atoms with Gasteiger partial charge in [0.15, 0.2) is 17.5 Å². The normalized spacial score (nSPS) is 11.6. The van der Waals surface area contributed by atoms with E-state index in [1.165, 1.54) is 141 Å². The molecule has 0 amide bonds. The first-order chi connectivity index (χ1) is 74.4. The largest absolute Gasteiger partial charge is 0.309 e. The number of para-hydroxylation sites is 7. The summed E-state index contributed by atoms with van der Waals surface area (Å²) in [4.78, 5) is 30.6. The average molecular weight is 1930 g/mol. The zero-order valence-corrected chi connectivity index (χ0v) is 82.0. The Morgan fingerprint density at radius 1 is 0.147 bits per heavy atom. The fourth-order valence-electron chi connectivity index (χ4n) is 22.1. The molecule has 9 aromatic heterocycles. The summed E-state index contributed by atoms with van der Waals surface area (Å²) in [6.07, 6.45) is 0. The summed E-state index contributed by atoms with van der Waals surface area (Å²) < 4.78 is 14.3. The Labute approximate surface area is 868 Å². The standard InChI is InChI=1S/C51H33N5.C47H31N3.C40H25N3S/c1-4-15-34(16-5-1)49-52-50(35-17-6-2-7-18-35)54-51(53-49)38-19-14-22-40(31-38)56-46-26-13-11-24-42(46)44-33-37(28-30-48(44)56)36-27-29-47-43(32-36)41-23-10-12-25-45(41)55(47)39-20-8-3-9-21-39;1-4-14-32(15-5-1)36-30-42(33-16-6-2-7-17-33)48-47(31-36)50-44-23-13-11-21-39(44)41-29-35(25-27-46(41)50)34-24-26-45-40(28-34)38-20-10-12-22-43(38)49(45)37-18-8-3-9-19-37;1-3-12-26(13-4-1)34-25-35(27-14-5-2-6-15-27)42-40(41-34)43-36-20-9-7-16-30(36)33-24-28(22-23-37(33)43)29-18-11-19-32-31-17-8-10-21-38(31)44-39(29)32/h1-33H;1-31H;1-25H. The Morgan fingerprint density at radius 3 is 0.873 bits per heavy atom. The number of pyridine rings is 1. The monoisotopic (exact) mass is 1930 g/mol. The van der Waals surface area contributed by atoms with Crippen molar-refractivity contribution in [3.05, 3.63) is 540 Å². The zero-order valence-electron chi connectivity index (χ0n) is 81.2. The molecule has 0 bridgehead atoms. The summed E-state index contributed by atoms with van der Waals surface area (Å²) in [5.41, 5.74) is 33.2. The van der Waals surface area contributed by atoms with E-state index in [9.17, 15) is 0 Å². The van der Waals surface area contributed by atoms with Crippen LogP contribution < -0.4 is 0 Å². The van der Waals surface area contributed by atoms with Crippen LogP contribution in [0.1, 0.15) is 0 Å². The quantitative estimate of drug-likeness (QED) is 0.101. The summed E-state index contributed by atoms with van der Waals surface area (Å²) in [5.74, 6) is 3.49. The van der Waals surface area contributed by atoms with Crippen molar-refractivity contribution in [2.45, 2.75) is 0 Å². The van der Waals surface area contributed by atoms with Crippen molar-refractivity contribution >= 4 is 141 Å². The molecule has 12 heteroatoms. The molecule has 0 atom stereocenters. The minimum absolute atomic E-state index is 0.631. The van der Waals surface area contributed by atoms with Crippen LogP contribution in [0.25, 0.3) is 270 Å². The van der Waals surface area contributed by atoms with Gasteiger partial charge in [0.25, 0.3) is 0 Å². The Hall–Kier alpha value is -19.9. The molecule has 11 nitrogen and oxygen atoms in total. The van der Waals surface area contributed by atoms with Crippen LogP contribution in [0.2, 0.25) is 0 Å². The van der Waals surface area contributed by atoms with Gasteiger partial charge >= 0.3 is 0 Å². The maximum atomic E-state index is 5.30. The molecule has 702 valence electrons. The maximum Gasteiger partial charge on any atom is 0.235 e. The molecule has 0 radical (unpaired) electrons. The summed E-state index contributed by atoms with van der Waals surface area (Å²) in [7, 11) is 0. The molecule has 30 rings (SSSR count). The average Bonchev–Trinajstić information content (AvgIpc) is 1.58. The van der Waals surface area contributed by atoms with E-state index in [1.54, 1.807) is 0 Å². The van der Waals surface area contributed by atoms with Gasteiger partial charge in [0.05, 0.1) is 72.2 Å². The number of thiophene rings is 1. The molecule has 0 unspecified atom stereocenters. The Balaban J connectivity index is 0.000000109. The number of hydrogen-bond donors (Lipinski definition) is 0. The van der Waals surface area contributed by atoms with E-state index >= 15 is 0 Å². The predicted molar refractivity (Wildman–Crippen MR) is 625 cm³/mol. The summed E-state index contributed by atoms with van der Waals surface area (Å²) >= 11 is 1.87. The van der Waals surface area contributed by atoms with Crippen LogP contribution in [-0.2, 0) is 0 Å². The van der Waals surface area contributed by atoms with Gasteiger partial charge in [-0.25, -0.2) is 29.9 Å². The fourth-order valence-corrected chi connectivity index (χ4v) is 23.4. The second kappa shape index (κ2) is 37.4. The first kappa shape index (κ1) is 87.8. The van der Waals surface area contributed by atoms with E-state index in [-0.39, 0.29) is 0 Å². The molecular weight excluding hydrogens is 1840 g/mol. The summed E-state index contributed by atoms with van der Waals surface area (Å²) in [6.45, 7) is 0. The first-order valence-electron chi connectivity index (χ1n) is 50.7. The van der Waals surface area contributed by atoms with Crippen molar-refractivity contribution in [3.8, 4) is 141 Å². The molecule has 0 aliphatic carbocycles. The highest BCUT2D eigenvalue weighted by Crippen LogP contribution is 2.47. The van der Waals surface area contributed by atoms with Crippen LogP contribution in [0.3, 0.4) is 0 Å². The van der Waals surface area contributed by atoms with E-state index in [0.29, 0.717) is 23.4 Å². The number of fused-ring (bicyclic) bond motifs is 18. The van der Waals surface area contributed by atoms with Crippen LogP contribution in [-0.4, -0.2) is 52.7 Å². The molecule has 0 saturated heterocycles. The highest BCUT2D eigenvalue weighted by molar-refractivity contribution is 7.26. The number of hydrogen-bond acceptors (Lipinski definition) is 7. The number of rotatable bonds is 15. The second-order valence-electron chi connectivity index (χ2n) is 38.0. The van der Waals surface area contributed by atoms with Crippen molar-refractivity contribution in [1.29, 1.82) is 0 Å². The number of nitrogens with zero attached hydrogens (tertiary/aromatic N) is 11. The van der Waals surface area contributed by atoms with Gasteiger partial charge in [0.1, 0.15) is 5.82 Å². The van der Waals surface area contributed by atoms with E-state index in [0.717, 1.165) is 106 Å². The molecule has 0 N–H and O–H groups in total. The highest BCUT2D eigenvalue weighted by Gasteiger charge is 2.26. The topological polar surface area (TPSA) is 102 Å². The lowest BCUT2D eigenvalue weighted by atomic mass is 10.0. The van der Waals surface area contributed by atoms with Crippen LogP contribution >= 0.6 is 11.3 Å². The van der Waals surface area contributed by atoms with Crippen LogP contribution in [0, 0.1) is 0 Å². The van der Waals surface area contributed by atoms with E-state index in [4.69, 9.17) is 29.9 Å². The molecule has 0 aliphatic rings.